The molecule has 1 amide bonds. The Kier molecular flexibility index (Phi) is 7.21. The van der Waals surface area contributed by atoms with Crippen molar-refractivity contribution in [2.75, 3.05) is 5.32 Å². The first-order chi connectivity index (χ1) is 14.1. The molecule has 3 nitrogen and oxygen atoms in total. The van der Waals surface area contributed by atoms with Crippen molar-refractivity contribution in [3.8, 4) is 0 Å². The Hall–Kier alpha value is -1.49. The molecule has 0 spiro atoms. The maximum Gasteiger partial charge on any atom is 0.235 e. The highest BCUT2D eigenvalue weighted by Crippen LogP contribution is 2.43. The molecule has 30 heavy (non-hydrogen) atoms. The van der Waals surface area contributed by atoms with Crippen LogP contribution in [-0.4, -0.2) is 11.0 Å². The van der Waals surface area contributed by atoms with Gasteiger partial charge in [0.1, 0.15) is 0 Å². The van der Waals surface area contributed by atoms with Crippen LogP contribution < -0.4 is 5.32 Å². The summed E-state index contributed by atoms with van der Waals surface area (Å²) >= 11 is 13.6. The number of benzene rings is 2. The van der Waals surface area contributed by atoms with Gasteiger partial charge in [-0.25, -0.2) is 0 Å². The zero-order valence-electron chi connectivity index (χ0n) is 17.6. The number of carbonyl (C=O) groups is 2. The van der Waals surface area contributed by atoms with Crippen molar-refractivity contribution in [1.29, 1.82) is 0 Å². The van der Waals surface area contributed by atoms with Crippen LogP contribution in [0.1, 0.15) is 58.4 Å². The van der Waals surface area contributed by atoms with Gasteiger partial charge < -0.3 is 5.32 Å². The van der Waals surface area contributed by atoms with Gasteiger partial charge in [0.05, 0.1) is 21.1 Å². The van der Waals surface area contributed by atoms with Gasteiger partial charge in [0.2, 0.25) is 5.91 Å². The second kappa shape index (κ2) is 9.33. The molecule has 1 fully saturated rings. The lowest BCUT2D eigenvalue weighted by Gasteiger charge is -2.36. The molecular weight excluding hydrogens is 437 g/mol. The molecule has 2 aromatic rings. The van der Waals surface area contributed by atoms with E-state index in [-0.39, 0.29) is 11.0 Å². The topological polar surface area (TPSA) is 46.2 Å². The van der Waals surface area contributed by atoms with E-state index in [4.69, 9.17) is 23.2 Å². The molecule has 0 saturated heterocycles. The molecule has 0 radical (unpaired) electrons. The maximum atomic E-state index is 13.6. The molecular formula is C24H27Cl2NO2S. The van der Waals surface area contributed by atoms with Crippen LogP contribution in [0.15, 0.2) is 47.4 Å². The van der Waals surface area contributed by atoms with Gasteiger partial charge in [0.25, 0.3) is 0 Å². The zero-order chi connectivity index (χ0) is 21.9. The summed E-state index contributed by atoms with van der Waals surface area (Å²) in [4.78, 5) is 26.9. The monoisotopic (exact) mass is 463 g/mol. The Morgan fingerprint density at radius 2 is 1.57 bits per heavy atom. The average Bonchev–Trinajstić information content (AvgIpc) is 2.72. The number of thioether (sulfide) groups is 1. The van der Waals surface area contributed by atoms with E-state index in [0.717, 1.165) is 49.4 Å². The van der Waals surface area contributed by atoms with Crippen LogP contribution in [-0.2, 0) is 15.0 Å². The molecule has 3 rings (SSSR count). The maximum absolute atomic E-state index is 13.6. The molecule has 1 N–H and O–H groups in total. The Morgan fingerprint density at radius 3 is 2.17 bits per heavy atom. The number of rotatable bonds is 4. The zero-order valence-corrected chi connectivity index (χ0v) is 19.9. The molecule has 1 aliphatic carbocycles. The van der Waals surface area contributed by atoms with Crippen LogP contribution in [0.5, 0.6) is 0 Å². The van der Waals surface area contributed by atoms with E-state index in [1.807, 2.05) is 51.1 Å². The molecule has 1 aliphatic rings. The minimum Gasteiger partial charge on any atom is -0.324 e. The summed E-state index contributed by atoms with van der Waals surface area (Å²) in [5.41, 5.74) is 0.453. The second-order valence-corrected chi connectivity index (χ2v) is 10.7. The van der Waals surface area contributed by atoms with Crippen molar-refractivity contribution in [2.45, 2.75) is 63.2 Å². The fourth-order valence-corrected chi connectivity index (χ4v) is 5.06. The molecule has 0 unspecified atom stereocenters. The summed E-state index contributed by atoms with van der Waals surface area (Å²) in [6.45, 7) is 5.60. The van der Waals surface area contributed by atoms with Crippen LogP contribution in [0.3, 0.4) is 0 Å². The minimum atomic E-state index is -0.582. The number of hydrogen-bond donors (Lipinski definition) is 1. The smallest absolute Gasteiger partial charge is 0.235 e. The van der Waals surface area contributed by atoms with Gasteiger partial charge in [0.15, 0.2) is 5.12 Å². The molecule has 160 valence electrons. The predicted octanol–water partition coefficient (Wildman–Crippen LogP) is 7.50. The van der Waals surface area contributed by atoms with Crippen molar-refractivity contribution in [1.82, 2.24) is 0 Å². The molecule has 0 aliphatic heterocycles. The van der Waals surface area contributed by atoms with Crippen molar-refractivity contribution in [2.24, 2.45) is 5.41 Å². The van der Waals surface area contributed by atoms with Crippen molar-refractivity contribution >= 4 is 51.7 Å². The van der Waals surface area contributed by atoms with E-state index < -0.39 is 10.8 Å². The minimum absolute atomic E-state index is 0.00757. The van der Waals surface area contributed by atoms with Gasteiger partial charge in [-0.1, -0.05) is 93.6 Å². The summed E-state index contributed by atoms with van der Waals surface area (Å²) in [5, 5.41) is 3.78. The van der Waals surface area contributed by atoms with Gasteiger partial charge in [-0.05, 0) is 42.3 Å². The predicted molar refractivity (Wildman–Crippen MR) is 127 cm³/mol. The van der Waals surface area contributed by atoms with E-state index in [9.17, 15) is 9.59 Å². The standard InChI is InChI=1S/C24H27Cl2NO2S/c1-23(2,3)22(29)30-20-15-18(26)17(25)14-19(20)27-21(28)24(12-8-5-9-13-24)16-10-6-4-7-11-16/h4,6-7,10-11,14-15H,5,8-9,12-13H2,1-3H3,(H,27,28). The van der Waals surface area contributed by atoms with Gasteiger partial charge in [-0.15, -0.1) is 0 Å². The molecule has 0 atom stereocenters. The first kappa shape index (κ1) is 23.2. The van der Waals surface area contributed by atoms with Crippen LogP contribution >= 0.6 is 35.0 Å². The molecule has 1 saturated carbocycles. The fourth-order valence-electron chi connectivity index (χ4n) is 3.76. The second-order valence-electron chi connectivity index (χ2n) is 8.86. The summed E-state index contributed by atoms with van der Waals surface area (Å²) in [7, 11) is 0. The number of carbonyl (C=O) groups excluding carboxylic acids is 2. The Bertz CT molecular complexity index is 932. The molecule has 0 aromatic heterocycles. The number of anilines is 1. The third-order valence-electron chi connectivity index (χ3n) is 5.55. The molecule has 0 bridgehead atoms. The SMILES string of the molecule is CC(C)(C)C(=O)Sc1cc(Cl)c(Cl)cc1NC(=O)C1(c2ccccc2)CCCCC1. The van der Waals surface area contributed by atoms with Gasteiger partial charge >= 0.3 is 0 Å². The van der Waals surface area contributed by atoms with Gasteiger partial charge in [0, 0.05) is 10.3 Å². The van der Waals surface area contributed by atoms with E-state index in [2.05, 4.69) is 5.32 Å². The van der Waals surface area contributed by atoms with Gasteiger partial charge in [-0.3, -0.25) is 9.59 Å². The van der Waals surface area contributed by atoms with E-state index in [0.29, 0.717) is 20.6 Å². The van der Waals surface area contributed by atoms with Crippen LogP contribution in [0.25, 0.3) is 0 Å². The normalized spacial score (nSPS) is 16.2. The lowest BCUT2D eigenvalue weighted by molar-refractivity contribution is -0.122. The largest absolute Gasteiger partial charge is 0.324 e. The molecule has 0 heterocycles. The molecule has 2 aromatic carbocycles. The highest BCUT2D eigenvalue weighted by Gasteiger charge is 2.41. The van der Waals surface area contributed by atoms with E-state index >= 15 is 0 Å². The molecule has 6 heteroatoms. The number of nitrogens with one attached hydrogen (secondary N) is 1. The Labute approximate surface area is 192 Å². The summed E-state index contributed by atoms with van der Waals surface area (Å²) in [5.74, 6) is -0.0585. The van der Waals surface area contributed by atoms with E-state index in [1.54, 1.807) is 12.1 Å². The third-order valence-corrected chi connectivity index (χ3v) is 7.63. The van der Waals surface area contributed by atoms with Crippen LogP contribution in [0.2, 0.25) is 10.0 Å². The number of amides is 1. The van der Waals surface area contributed by atoms with Crippen molar-refractivity contribution in [3.05, 3.63) is 58.1 Å². The van der Waals surface area contributed by atoms with Crippen LogP contribution in [0.4, 0.5) is 5.69 Å². The fraction of sp³-hybridized carbons (Fsp3) is 0.417. The van der Waals surface area contributed by atoms with Crippen LogP contribution in [0, 0.1) is 5.41 Å². The highest BCUT2D eigenvalue weighted by molar-refractivity contribution is 8.13. The quantitative estimate of drug-likeness (QED) is 0.477. The van der Waals surface area contributed by atoms with Crippen molar-refractivity contribution < 1.29 is 9.59 Å². The Morgan fingerprint density at radius 1 is 0.967 bits per heavy atom. The van der Waals surface area contributed by atoms with Gasteiger partial charge in [-0.2, -0.15) is 0 Å². The summed E-state index contributed by atoms with van der Waals surface area (Å²) < 4.78 is 0. The summed E-state index contributed by atoms with van der Waals surface area (Å²) in [6.07, 6.45) is 4.75. The number of halogens is 2. The third kappa shape index (κ3) is 5.04. The summed E-state index contributed by atoms with van der Waals surface area (Å²) in [6, 6.07) is 13.3. The Balaban J connectivity index is 1.96. The first-order valence-corrected chi connectivity index (χ1v) is 11.8. The highest BCUT2D eigenvalue weighted by atomic mass is 35.5. The average molecular weight is 464 g/mol. The van der Waals surface area contributed by atoms with E-state index in [1.165, 1.54) is 0 Å². The van der Waals surface area contributed by atoms with Crippen molar-refractivity contribution in [3.63, 3.8) is 0 Å². The first-order valence-electron chi connectivity index (χ1n) is 10.2. The lowest BCUT2D eigenvalue weighted by atomic mass is 9.68. The number of hydrogen-bond acceptors (Lipinski definition) is 3. The lowest BCUT2D eigenvalue weighted by Crippen LogP contribution is -2.42.